The van der Waals surface area contributed by atoms with Gasteiger partial charge in [0.1, 0.15) is 0 Å². The van der Waals surface area contributed by atoms with Crippen LogP contribution in [0.4, 0.5) is 0 Å². The third kappa shape index (κ3) is 4.36. The molecule has 0 aromatic carbocycles. The maximum atomic E-state index is 11.8. The average Bonchev–Trinajstić information content (AvgIpc) is 2.25. The molecule has 4 heteroatoms. The van der Waals surface area contributed by atoms with E-state index in [0.717, 1.165) is 12.8 Å². The number of hydrogen-bond acceptors (Lipinski definition) is 2. The number of carboxylic acids is 1. The molecule has 0 saturated heterocycles. The van der Waals surface area contributed by atoms with Gasteiger partial charge in [0.15, 0.2) is 0 Å². The van der Waals surface area contributed by atoms with E-state index in [-0.39, 0.29) is 24.3 Å². The first-order valence-corrected chi connectivity index (χ1v) is 6.30. The second kappa shape index (κ2) is 6.62. The molecule has 2 N–H and O–H groups in total. The standard InChI is InChI=1S/C13H25NO3/c1-6-10(7-2)14-11(15)8-13(5,9(3)4)12(16)17/h9-10H,6-8H2,1-5H3,(H,14,15)(H,16,17). The summed E-state index contributed by atoms with van der Waals surface area (Å²) >= 11 is 0. The maximum Gasteiger partial charge on any atom is 0.310 e. The van der Waals surface area contributed by atoms with Crippen LogP contribution >= 0.6 is 0 Å². The molecule has 0 aliphatic carbocycles. The van der Waals surface area contributed by atoms with Gasteiger partial charge < -0.3 is 10.4 Å². The summed E-state index contributed by atoms with van der Waals surface area (Å²) < 4.78 is 0. The maximum absolute atomic E-state index is 11.8. The number of carbonyl (C=O) groups excluding carboxylic acids is 1. The Labute approximate surface area is 104 Å². The van der Waals surface area contributed by atoms with E-state index in [1.54, 1.807) is 6.92 Å². The highest BCUT2D eigenvalue weighted by Crippen LogP contribution is 2.31. The van der Waals surface area contributed by atoms with Crippen molar-refractivity contribution in [3.63, 3.8) is 0 Å². The Kier molecular flexibility index (Phi) is 6.21. The molecule has 17 heavy (non-hydrogen) atoms. The van der Waals surface area contributed by atoms with Crippen LogP contribution in [0.5, 0.6) is 0 Å². The second-order valence-corrected chi connectivity index (χ2v) is 5.14. The molecule has 100 valence electrons. The molecule has 1 unspecified atom stereocenters. The van der Waals surface area contributed by atoms with Crippen molar-refractivity contribution in [3.05, 3.63) is 0 Å². The van der Waals surface area contributed by atoms with Crippen LogP contribution in [0.3, 0.4) is 0 Å². The van der Waals surface area contributed by atoms with Gasteiger partial charge >= 0.3 is 5.97 Å². The van der Waals surface area contributed by atoms with Crippen LogP contribution in [0, 0.1) is 11.3 Å². The number of rotatable bonds is 7. The molecule has 0 aliphatic rings. The Morgan fingerprint density at radius 2 is 1.71 bits per heavy atom. The Morgan fingerprint density at radius 1 is 1.24 bits per heavy atom. The van der Waals surface area contributed by atoms with Crippen LogP contribution in [0.15, 0.2) is 0 Å². The molecular formula is C13H25NO3. The Hall–Kier alpha value is -1.06. The van der Waals surface area contributed by atoms with Gasteiger partial charge in [0.25, 0.3) is 0 Å². The predicted molar refractivity (Wildman–Crippen MR) is 67.7 cm³/mol. The summed E-state index contributed by atoms with van der Waals surface area (Å²) in [6.45, 7) is 9.31. The number of aliphatic carboxylic acids is 1. The van der Waals surface area contributed by atoms with Gasteiger partial charge in [-0.3, -0.25) is 9.59 Å². The van der Waals surface area contributed by atoms with Crippen LogP contribution in [0.25, 0.3) is 0 Å². The number of hydrogen-bond donors (Lipinski definition) is 2. The summed E-state index contributed by atoms with van der Waals surface area (Å²) in [5.41, 5.74) is -0.990. The first-order chi connectivity index (χ1) is 7.77. The molecular weight excluding hydrogens is 218 g/mol. The lowest BCUT2D eigenvalue weighted by Crippen LogP contribution is -2.42. The van der Waals surface area contributed by atoms with Gasteiger partial charge in [-0.15, -0.1) is 0 Å². The lowest BCUT2D eigenvalue weighted by molar-refractivity contribution is -0.153. The zero-order valence-corrected chi connectivity index (χ0v) is 11.5. The van der Waals surface area contributed by atoms with Crippen molar-refractivity contribution in [1.82, 2.24) is 5.32 Å². The molecule has 0 aliphatic heterocycles. The third-order valence-electron chi connectivity index (χ3n) is 3.64. The minimum atomic E-state index is -0.990. The molecule has 1 atom stereocenters. The van der Waals surface area contributed by atoms with Crippen molar-refractivity contribution in [2.45, 2.75) is 59.9 Å². The van der Waals surface area contributed by atoms with Gasteiger partial charge in [-0.1, -0.05) is 27.7 Å². The summed E-state index contributed by atoms with van der Waals surface area (Å²) in [6, 6.07) is 0.146. The Morgan fingerprint density at radius 3 is 2.00 bits per heavy atom. The van der Waals surface area contributed by atoms with Crippen molar-refractivity contribution in [2.24, 2.45) is 11.3 Å². The van der Waals surface area contributed by atoms with Crippen LogP contribution in [0.1, 0.15) is 53.9 Å². The molecule has 0 spiro atoms. The largest absolute Gasteiger partial charge is 0.481 e. The minimum absolute atomic E-state index is 0.0382. The summed E-state index contributed by atoms with van der Waals surface area (Å²) in [7, 11) is 0. The van der Waals surface area contributed by atoms with Crippen molar-refractivity contribution >= 4 is 11.9 Å². The molecule has 0 heterocycles. The van der Waals surface area contributed by atoms with Crippen molar-refractivity contribution in [2.75, 3.05) is 0 Å². The SMILES string of the molecule is CCC(CC)NC(=O)CC(C)(C(=O)O)C(C)C. The van der Waals surface area contributed by atoms with Gasteiger partial charge in [-0.25, -0.2) is 0 Å². The van der Waals surface area contributed by atoms with Gasteiger partial charge in [0.05, 0.1) is 5.41 Å². The zero-order chi connectivity index (χ0) is 13.6. The zero-order valence-electron chi connectivity index (χ0n) is 11.5. The predicted octanol–water partition coefficient (Wildman–Crippen LogP) is 2.43. The van der Waals surface area contributed by atoms with E-state index in [9.17, 15) is 14.7 Å². The van der Waals surface area contributed by atoms with E-state index in [0.29, 0.717) is 0 Å². The summed E-state index contributed by atoms with van der Waals surface area (Å²) in [4.78, 5) is 23.1. The smallest absolute Gasteiger partial charge is 0.310 e. The third-order valence-corrected chi connectivity index (χ3v) is 3.64. The monoisotopic (exact) mass is 243 g/mol. The summed E-state index contributed by atoms with van der Waals surface area (Å²) in [6.07, 6.45) is 1.78. The van der Waals surface area contributed by atoms with E-state index in [1.807, 2.05) is 27.7 Å². The molecule has 0 rings (SSSR count). The number of carboxylic acid groups (broad SMARTS) is 1. The van der Waals surface area contributed by atoms with E-state index >= 15 is 0 Å². The molecule has 1 amide bonds. The first-order valence-electron chi connectivity index (χ1n) is 6.30. The van der Waals surface area contributed by atoms with Crippen LogP contribution in [-0.4, -0.2) is 23.0 Å². The fraction of sp³-hybridized carbons (Fsp3) is 0.846. The fourth-order valence-corrected chi connectivity index (χ4v) is 1.63. The van der Waals surface area contributed by atoms with E-state index in [1.165, 1.54) is 0 Å². The number of carbonyl (C=O) groups is 2. The number of amides is 1. The van der Waals surface area contributed by atoms with Crippen molar-refractivity contribution in [3.8, 4) is 0 Å². The van der Waals surface area contributed by atoms with Gasteiger partial charge in [-0.2, -0.15) is 0 Å². The molecule has 0 radical (unpaired) electrons. The normalized spacial score (nSPS) is 14.8. The molecule has 4 nitrogen and oxygen atoms in total. The van der Waals surface area contributed by atoms with Crippen molar-refractivity contribution in [1.29, 1.82) is 0 Å². The highest BCUT2D eigenvalue weighted by molar-refractivity contribution is 5.85. The van der Waals surface area contributed by atoms with Gasteiger partial charge in [0.2, 0.25) is 5.91 Å². The Bertz CT molecular complexity index is 272. The molecule has 0 saturated carbocycles. The van der Waals surface area contributed by atoms with Crippen LogP contribution < -0.4 is 5.32 Å². The molecule has 0 aromatic heterocycles. The topological polar surface area (TPSA) is 66.4 Å². The van der Waals surface area contributed by atoms with Gasteiger partial charge in [-0.05, 0) is 25.7 Å². The lowest BCUT2D eigenvalue weighted by atomic mass is 9.76. The summed E-state index contributed by atoms with van der Waals surface area (Å²) in [5, 5.41) is 12.1. The quantitative estimate of drug-likeness (QED) is 0.721. The summed E-state index contributed by atoms with van der Waals surface area (Å²) in [5.74, 6) is -1.16. The lowest BCUT2D eigenvalue weighted by Gasteiger charge is -2.29. The van der Waals surface area contributed by atoms with Crippen LogP contribution in [0.2, 0.25) is 0 Å². The van der Waals surface area contributed by atoms with Gasteiger partial charge in [0, 0.05) is 12.5 Å². The van der Waals surface area contributed by atoms with Crippen molar-refractivity contribution < 1.29 is 14.7 Å². The second-order valence-electron chi connectivity index (χ2n) is 5.14. The van der Waals surface area contributed by atoms with E-state index in [2.05, 4.69) is 5.32 Å². The highest BCUT2D eigenvalue weighted by atomic mass is 16.4. The minimum Gasteiger partial charge on any atom is -0.481 e. The average molecular weight is 243 g/mol. The molecule has 0 aromatic rings. The van der Waals surface area contributed by atoms with E-state index < -0.39 is 11.4 Å². The van der Waals surface area contributed by atoms with E-state index in [4.69, 9.17) is 0 Å². The number of nitrogens with one attached hydrogen (secondary N) is 1. The first kappa shape index (κ1) is 15.9. The molecule has 0 bridgehead atoms. The van der Waals surface area contributed by atoms with Crippen LogP contribution in [-0.2, 0) is 9.59 Å². The molecule has 0 fully saturated rings. The fourth-order valence-electron chi connectivity index (χ4n) is 1.63. The Balaban J connectivity index is 4.58. The highest BCUT2D eigenvalue weighted by Gasteiger charge is 2.38.